The first-order valence-electron chi connectivity index (χ1n) is 6.82. The van der Waals surface area contributed by atoms with Gasteiger partial charge in [-0.15, -0.1) is 0 Å². The molecule has 3 aromatic rings. The van der Waals surface area contributed by atoms with Crippen molar-refractivity contribution in [2.45, 2.75) is 0 Å². The van der Waals surface area contributed by atoms with Crippen LogP contribution in [0.5, 0.6) is 0 Å². The maximum absolute atomic E-state index is 3.08. The van der Waals surface area contributed by atoms with Crippen LogP contribution in [0.25, 0.3) is 21.5 Å². The van der Waals surface area contributed by atoms with Gasteiger partial charge in [-0.1, -0.05) is 60.7 Å². The largest absolute Gasteiger partial charge is 0.0689 e. The summed E-state index contributed by atoms with van der Waals surface area (Å²) in [6.07, 6.45) is 0. The van der Waals surface area contributed by atoms with Crippen molar-refractivity contribution >= 4 is 21.5 Å². The fourth-order valence-corrected chi connectivity index (χ4v) is 1.92. The van der Waals surface area contributed by atoms with Crippen molar-refractivity contribution in [1.29, 1.82) is 0 Å². The summed E-state index contributed by atoms with van der Waals surface area (Å²) in [6.45, 7) is 0. The second-order valence-corrected chi connectivity index (χ2v) is 4.46. The van der Waals surface area contributed by atoms with E-state index in [-0.39, 0.29) is 0 Å². The molecule has 3 aromatic carbocycles. The minimum absolute atomic E-state index is 0.883. The van der Waals surface area contributed by atoms with Crippen molar-refractivity contribution in [3.63, 3.8) is 0 Å². The molecule has 22 heavy (non-hydrogen) atoms. The van der Waals surface area contributed by atoms with E-state index in [2.05, 4.69) is 48.5 Å². The van der Waals surface area contributed by atoms with Crippen LogP contribution < -0.4 is 0 Å². The zero-order valence-electron chi connectivity index (χ0n) is 11.8. The zero-order valence-corrected chi connectivity index (χ0v) is 11.8. The van der Waals surface area contributed by atoms with E-state index in [1.54, 1.807) is 12.1 Å². The van der Waals surface area contributed by atoms with Crippen molar-refractivity contribution in [1.82, 2.24) is 0 Å². The molecular weight excluding hydrogens is 264 g/mol. The summed E-state index contributed by atoms with van der Waals surface area (Å²) in [5.41, 5.74) is 0. The van der Waals surface area contributed by atoms with Gasteiger partial charge in [0, 0.05) is 21.5 Å². The van der Waals surface area contributed by atoms with Crippen LogP contribution in [0.15, 0.2) is 60.7 Å². The summed E-state index contributed by atoms with van der Waals surface area (Å²) in [6, 6.07) is 43.1. The molecule has 0 atom stereocenters. The van der Waals surface area contributed by atoms with Crippen molar-refractivity contribution in [2.75, 3.05) is 0 Å². The van der Waals surface area contributed by atoms with Gasteiger partial charge in [-0.2, -0.15) is 0 Å². The molecule has 0 aliphatic carbocycles. The van der Waals surface area contributed by atoms with Gasteiger partial charge in [0.05, 0.1) is 0 Å². The van der Waals surface area contributed by atoms with E-state index in [1.165, 1.54) is 0 Å². The first-order chi connectivity index (χ1) is 10.9. The van der Waals surface area contributed by atoms with Crippen LogP contribution in [-0.4, -0.2) is 0 Å². The third-order valence-electron chi connectivity index (χ3n) is 2.97. The topological polar surface area (TPSA) is 0 Å². The molecule has 0 radical (unpaired) electrons. The minimum Gasteiger partial charge on any atom is -0.0689 e. The Balaban J connectivity index is 2.28. The van der Waals surface area contributed by atoms with Crippen LogP contribution in [0.1, 0.15) is 0 Å². The quantitative estimate of drug-likeness (QED) is 0.560. The maximum Gasteiger partial charge on any atom is 0.0412 e. The average Bonchev–Trinajstić information content (AvgIpc) is 2.56. The van der Waals surface area contributed by atoms with Gasteiger partial charge in [-0.05, 0) is 48.5 Å². The highest BCUT2D eigenvalue weighted by atomic mass is 13.9. The Morgan fingerprint density at radius 1 is 0.455 bits per heavy atom. The lowest BCUT2D eigenvalue weighted by molar-refractivity contribution is 1.79. The van der Waals surface area contributed by atoms with Crippen molar-refractivity contribution in [3.8, 4) is 0 Å². The van der Waals surface area contributed by atoms with Crippen LogP contribution >= 0.6 is 0 Å². The molecule has 0 saturated heterocycles. The van der Waals surface area contributed by atoms with E-state index in [0.717, 1.165) is 21.5 Å². The van der Waals surface area contributed by atoms with Crippen LogP contribution in [0.2, 0.25) is 0 Å². The third kappa shape index (κ3) is 3.30. The van der Waals surface area contributed by atoms with Crippen LogP contribution in [-0.2, 0) is 0 Å². The maximum atomic E-state index is 3.08. The number of benzene rings is 2. The summed E-state index contributed by atoms with van der Waals surface area (Å²) in [7, 11) is 0. The van der Waals surface area contributed by atoms with E-state index < -0.39 is 0 Å². The van der Waals surface area contributed by atoms with Crippen molar-refractivity contribution in [2.24, 2.45) is 0 Å². The summed E-state index contributed by atoms with van der Waals surface area (Å²) >= 11 is 0. The molecule has 0 unspecified atom stereocenters. The molecule has 0 N–H and O–H groups in total. The van der Waals surface area contributed by atoms with Crippen LogP contribution in [0, 0.1) is 48.5 Å². The molecule has 0 fully saturated rings. The Labute approximate surface area is 131 Å². The number of hydrogen-bond acceptors (Lipinski definition) is 0. The molecule has 98 valence electrons. The lowest BCUT2D eigenvalue weighted by Gasteiger charge is -1.84. The van der Waals surface area contributed by atoms with E-state index in [0.29, 0.717) is 0 Å². The average molecular weight is 274 g/mol. The highest BCUT2D eigenvalue weighted by molar-refractivity contribution is 5.79. The predicted molar refractivity (Wildman–Crippen MR) is 87.4 cm³/mol. The van der Waals surface area contributed by atoms with Crippen LogP contribution in [0.3, 0.4) is 0 Å². The number of hydrogen-bond donors (Lipinski definition) is 0. The standard InChI is InChI=1S/C22H10/c1-2-4-12-20-14-6-8-16-22(20)18-10-9-17-21-15-7-5-13-19(21)11-3-1/h1-2,5-8,13-16H. The molecule has 0 amide bonds. The molecule has 0 nitrogen and oxygen atoms in total. The molecular formula is C22H10. The molecule has 0 aliphatic heterocycles. The molecule has 0 aromatic heterocycles. The molecule has 0 aliphatic rings. The molecule has 0 bridgehead atoms. The molecule has 0 heterocycles. The Morgan fingerprint density at radius 2 is 0.818 bits per heavy atom. The van der Waals surface area contributed by atoms with E-state index in [4.69, 9.17) is 0 Å². The molecule has 0 saturated carbocycles. The summed E-state index contributed by atoms with van der Waals surface area (Å²) in [4.78, 5) is 0. The smallest absolute Gasteiger partial charge is 0.0412 e. The van der Waals surface area contributed by atoms with Gasteiger partial charge >= 0.3 is 0 Å². The van der Waals surface area contributed by atoms with Gasteiger partial charge < -0.3 is 0 Å². The SMILES string of the molecule is c1c#cc2ccccc2c#cccc#cc2ccccc2c#1. The van der Waals surface area contributed by atoms with E-state index in [1.807, 2.05) is 48.5 Å². The fraction of sp³-hybridized carbons (Fsp3) is 0. The number of fused-ring (bicyclic) bond motifs is 2. The molecule has 0 spiro atoms. The fourth-order valence-electron chi connectivity index (χ4n) is 1.92. The summed E-state index contributed by atoms with van der Waals surface area (Å²) in [5, 5.41) is 3.56. The van der Waals surface area contributed by atoms with Crippen molar-refractivity contribution < 1.29 is 0 Å². The zero-order chi connectivity index (χ0) is 15.0. The normalized spacial score (nSPS) is 8.36. The predicted octanol–water partition coefficient (Wildman–Crippen LogP) is 4.64. The van der Waals surface area contributed by atoms with E-state index in [9.17, 15) is 0 Å². The summed E-state index contributed by atoms with van der Waals surface area (Å²) in [5.74, 6) is 0. The highest BCUT2D eigenvalue weighted by Crippen LogP contribution is 2.05. The molecule has 3 rings (SSSR count). The lowest BCUT2D eigenvalue weighted by Crippen LogP contribution is -1.62. The molecule has 0 heteroatoms. The van der Waals surface area contributed by atoms with Gasteiger partial charge in [-0.3, -0.25) is 0 Å². The first-order valence-corrected chi connectivity index (χ1v) is 6.82. The summed E-state index contributed by atoms with van der Waals surface area (Å²) < 4.78 is 0. The Bertz CT molecular complexity index is 815. The third-order valence-corrected chi connectivity index (χ3v) is 2.97. The van der Waals surface area contributed by atoms with Crippen molar-refractivity contribution in [3.05, 3.63) is 109 Å². The van der Waals surface area contributed by atoms with Gasteiger partial charge in [0.2, 0.25) is 0 Å². The Hall–Kier alpha value is -3.58. The Morgan fingerprint density at radius 3 is 1.23 bits per heavy atom. The van der Waals surface area contributed by atoms with Gasteiger partial charge in [0.25, 0.3) is 0 Å². The van der Waals surface area contributed by atoms with Gasteiger partial charge in [0.15, 0.2) is 0 Å². The van der Waals surface area contributed by atoms with E-state index >= 15 is 0 Å². The monoisotopic (exact) mass is 274 g/mol. The Kier molecular flexibility index (Phi) is 4.10. The van der Waals surface area contributed by atoms with Gasteiger partial charge in [-0.25, -0.2) is 0 Å². The highest BCUT2D eigenvalue weighted by Gasteiger charge is 1.83. The minimum atomic E-state index is 0.883. The second kappa shape index (κ2) is 6.73. The number of rotatable bonds is 0. The van der Waals surface area contributed by atoms with Crippen LogP contribution in [0.4, 0.5) is 0 Å². The second-order valence-electron chi connectivity index (χ2n) is 4.46. The lowest BCUT2D eigenvalue weighted by atomic mass is 10.2. The first kappa shape index (κ1) is 13.4. The van der Waals surface area contributed by atoms with Gasteiger partial charge in [0.1, 0.15) is 0 Å².